The zero-order valence-electron chi connectivity index (χ0n) is 15.9. The lowest BCUT2D eigenvalue weighted by Crippen LogP contribution is -2.52. The lowest BCUT2D eigenvalue weighted by molar-refractivity contribution is -0.158. The molecule has 6 heteroatoms. The maximum Gasteiger partial charge on any atom is 0.324 e. The molecule has 0 aliphatic carbocycles. The van der Waals surface area contributed by atoms with E-state index >= 15 is 0 Å². The molecule has 3 rings (SSSR count). The minimum Gasteiger partial charge on any atom is -0.461 e. The van der Waals surface area contributed by atoms with Crippen molar-refractivity contribution in [3.05, 3.63) is 71.8 Å². The molecular weight excluding hydrogens is 356 g/mol. The molecule has 0 spiro atoms. The average molecular weight is 382 g/mol. The zero-order valence-corrected chi connectivity index (χ0v) is 15.9. The van der Waals surface area contributed by atoms with Gasteiger partial charge in [-0.1, -0.05) is 60.7 Å². The van der Waals surface area contributed by atoms with Crippen molar-refractivity contribution in [2.45, 2.75) is 25.7 Å². The second-order valence-corrected chi connectivity index (χ2v) is 6.75. The standard InChI is InChI=1S/C22H26N2O4/c25-21(27-16-18-7-3-1-4-8-18)15-20(24-13-11-23-12-14-24)22(26)28-17-19-9-5-2-6-10-19/h1-10,20,23H,11-17H2. The Bertz CT molecular complexity index is 746. The van der Waals surface area contributed by atoms with Crippen LogP contribution in [0.15, 0.2) is 60.7 Å². The lowest BCUT2D eigenvalue weighted by atomic mass is 10.1. The van der Waals surface area contributed by atoms with Gasteiger partial charge in [0.2, 0.25) is 0 Å². The van der Waals surface area contributed by atoms with Gasteiger partial charge in [0.05, 0.1) is 6.42 Å². The smallest absolute Gasteiger partial charge is 0.324 e. The Morgan fingerprint density at radius 2 is 1.39 bits per heavy atom. The maximum atomic E-state index is 12.7. The van der Waals surface area contributed by atoms with Gasteiger partial charge in [-0.3, -0.25) is 14.5 Å². The van der Waals surface area contributed by atoms with Crippen molar-refractivity contribution in [2.75, 3.05) is 26.2 Å². The summed E-state index contributed by atoms with van der Waals surface area (Å²) in [4.78, 5) is 27.1. The highest BCUT2D eigenvalue weighted by molar-refractivity contribution is 5.82. The van der Waals surface area contributed by atoms with Crippen molar-refractivity contribution in [3.8, 4) is 0 Å². The van der Waals surface area contributed by atoms with Gasteiger partial charge in [-0.05, 0) is 11.1 Å². The molecule has 1 heterocycles. The first-order valence-corrected chi connectivity index (χ1v) is 9.57. The molecule has 0 aromatic heterocycles. The molecule has 1 fully saturated rings. The number of benzene rings is 2. The van der Waals surface area contributed by atoms with E-state index in [-0.39, 0.29) is 25.6 Å². The van der Waals surface area contributed by atoms with Crippen molar-refractivity contribution >= 4 is 11.9 Å². The van der Waals surface area contributed by atoms with E-state index < -0.39 is 12.0 Å². The molecule has 148 valence electrons. The molecule has 1 atom stereocenters. The SMILES string of the molecule is O=C(CC(C(=O)OCc1ccccc1)N1CCNCC1)OCc1ccccc1. The monoisotopic (exact) mass is 382 g/mol. The van der Waals surface area contributed by atoms with Crippen LogP contribution in [0.25, 0.3) is 0 Å². The van der Waals surface area contributed by atoms with E-state index in [9.17, 15) is 9.59 Å². The molecule has 0 radical (unpaired) electrons. The average Bonchev–Trinajstić information content (AvgIpc) is 2.76. The number of piperazine rings is 1. The Morgan fingerprint density at radius 1 is 0.857 bits per heavy atom. The van der Waals surface area contributed by atoms with Crippen LogP contribution < -0.4 is 5.32 Å². The third kappa shape index (κ3) is 6.18. The molecule has 6 nitrogen and oxygen atoms in total. The summed E-state index contributed by atoms with van der Waals surface area (Å²) in [5.74, 6) is -0.786. The molecule has 1 aliphatic heterocycles. The molecule has 0 amide bonds. The van der Waals surface area contributed by atoms with Crippen LogP contribution in [0.3, 0.4) is 0 Å². The zero-order chi connectivity index (χ0) is 19.6. The Balaban J connectivity index is 1.57. The van der Waals surface area contributed by atoms with Gasteiger partial charge in [-0.2, -0.15) is 0 Å². The summed E-state index contributed by atoms with van der Waals surface area (Å²) in [6.07, 6.45) is -0.0134. The van der Waals surface area contributed by atoms with Crippen LogP contribution in [-0.4, -0.2) is 49.1 Å². The Morgan fingerprint density at radius 3 is 1.96 bits per heavy atom. The second kappa shape index (κ2) is 10.6. The van der Waals surface area contributed by atoms with Gasteiger partial charge in [0.25, 0.3) is 0 Å². The van der Waals surface area contributed by atoms with E-state index in [1.165, 1.54) is 0 Å². The molecule has 1 unspecified atom stereocenters. The fourth-order valence-corrected chi connectivity index (χ4v) is 3.14. The van der Waals surface area contributed by atoms with E-state index in [1.54, 1.807) is 0 Å². The van der Waals surface area contributed by atoms with Crippen LogP contribution in [0.2, 0.25) is 0 Å². The van der Waals surface area contributed by atoms with Crippen LogP contribution in [0, 0.1) is 0 Å². The van der Waals surface area contributed by atoms with Gasteiger partial charge in [-0.15, -0.1) is 0 Å². The van der Waals surface area contributed by atoms with Crippen molar-refractivity contribution in [2.24, 2.45) is 0 Å². The lowest BCUT2D eigenvalue weighted by Gasteiger charge is -2.32. The van der Waals surface area contributed by atoms with Gasteiger partial charge < -0.3 is 14.8 Å². The first-order valence-electron chi connectivity index (χ1n) is 9.57. The third-order valence-corrected chi connectivity index (χ3v) is 4.69. The van der Waals surface area contributed by atoms with Gasteiger partial charge >= 0.3 is 11.9 Å². The molecule has 1 aliphatic rings. The van der Waals surface area contributed by atoms with Gasteiger partial charge in [-0.25, -0.2) is 0 Å². The predicted octanol–water partition coefficient (Wildman–Crippen LogP) is 2.14. The van der Waals surface area contributed by atoms with Crippen molar-refractivity contribution in [1.82, 2.24) is 10.2 Å². The highest BCUT2D eigenvalue weighted by Crippen LogP contribution is 2.12. The predicted molar refractivity (Wildman–Crippen MR) is 105 cm³/mol. The van der Waals surface area contributed by atoms with E-state index in [4.69, 9.17) is 9.47 Å². The molecule has 0 bridgehead atoms. The number of hydrogen-bond donors (Lipinski definition) is 1. The minimum atomic E-state index is -0.630. The topological polar surface area (TPSA) is 67.9 Å². The molecule has 28 heavy (non-hydrogen) atoms. The molecule has 2 aromatic rings. The van der Waals surface area contributed by atoms with E-state index in [1.807, 2.05) is 65.6 Å². The normalized spacial score (nSPS) is 15.6. The van der Waals surface area contributed by atoms with Crippen molar-refractivity contribution in [3.63, 3.8) is 0 Å². The number of ether oxygens (including phenoxy) is 2. The first-order chi connectivity index (χ1) is 13.7. The van der Waals surface area contributed by atoms with Crippen LogP contribution in [0.1, 0.15) is 17.5 Å². The summed E-state index contributed by atoms with van der Waals surface area (Å²) in [5.41, 5.74) is 1.84. The number of rotatable bonds is 8. The quantitative estimate of drug-likeness (QED) is 0.706. The van der Waals surface area contributed by atoms with Gasteiger partial charge in [0.15, 0.2) is 0 Å². The van der Waals surface area contributed by atoms with E-state index in [2.05, 4.69) is 5.32 Å². The summed E-state index contributed by atoms with van der Waals surface area (Å²) in [5, 5.41) is 3.26. The number of esters is 2. The molecule has 1 N–H and O–H groups in total. The summed E-state index contributed by atoms with van der Waals surface area (Å²) in [6.45, 7) is 3.34. The number of nitrogens with zero attached hydrogens (tertiary/aromatic N) is 1. The highest BCUT2D eigenvalue weighted by atomic mass is 16.5. The minimum absolute atomic E-state index is 0.0134. The number of carbonyl (C=O) groups is 2. The fourth-order valence-electron chi connectivity index (χ4n) is 3.14. The van der Waals surface area contributed by atoms with E-state index in [0.717, 1.165) is 24.2 Å². The second-order valence-electron chi connectivity index (χ2n) is 6.75. The maximum absolute atomic E-state index is 12.7. The number of nitrogens with one attached hydrogen (secondary N) is 1. The molecule has 1 saturated heterocycles. The number of carbonyl (C=O) groups excluding carboxylic acids is 2. The molecule has 0 saturated carbocycles. The molecule has 2 aromatic carbocycles. The fraction of sp³-hybridized carbons (Fsp3) is 0.364. The first kappa shape index (κ1) is 20.0. The van der Waals surface area contributed by atoms with Gasteiger partial charge in [0.1, 0.15) is 19.3 Å². The van der Waals surface area contributed by atoms with Crippen LogP contribution in [0.5, 0.6) is 0 Å². The summed E-state index contributed by atoms with van der Waals surface area (Å²) in [7, 11) is 0. The van der Waals surface area contributed by atoms with Crippen LogP contribution in [0.4, 0.5) is 0 Å². The van der Waals surface area contributed by atoms with Crippen LogP contribution in [-0.2, 0) is 32.3 Å². The van der Waals surface area contributed by atoms with Crippen molar-refractivity contribution in [1.29, 1.82) is 0 Å². The van der Waals surface area contributed by atoms with E-state index in [0.29, 0.717) is 13.1 Å². The number of hydrogen-bond acceptors (Lipinski definition) is 6. The van der Waals surface area contributed by atoms with Crippen LogP contribution >= 0.6 is 0 Å². The Hall–Kier alpha value is -2.70. The summed E-state index contributed by atoms with van der Waals surface area (Å²) in [6, 6.07) is 18.4. The summed E-state index contributed by atoms with van der Waals surface area (Å²) < 4.78 is 10.9. The third-order valence-electron chi connectivity index (χ3n) is 4.69. The Kier molecular flexibility index (Phi) is 7.58. The summed E-state index contributed by atoms with van der Waals surface area (Å²) >= 11 is 0. The van der Waals surface area contributed by atoms with Crippen molar-refractivity contribution < 1.29 is 19.1 Å². The molecular formula is C22H26N2O4. The Labute approximate surface area is 165 Å². The van der Waals surface area contributed by atoms with Gasteiger partial charge in [0, 0.05) is 26.2 Å². The highest BCUT2D eigenvalue weighted by Gasteiger charge is 2.31. The largest absolute Gasteiger partial charge is 0.461 e.